The Morgan fingerprint density at radius 2 is 1.52 bits per heavy atom. The van der Waals surface area contributed by atoms with E-state index in [-0.39, 0.29) is 17.7 Å². The van der Waals surface area contributed by atoms with E-state index in [1.807, 2.05) is 26.0 Å². The normalized spacial score (nSPS) is 28.8. The van der Waals surface area contributed by atoms with Crippen molar-refractivity contribution in [3.8, 4) is 0 Å². The van der Waals surface area contributed by atoms with Crippen molar-refractivity contribution in [2.75, 3.05) is 26.2 Å². The molecule has 4 saturated carbocycles. The zero-order valence-electron chi connectivity index (χ0n) is 21.0. The third kappa shape index (κ3) is 5.29. The molecule has 4 aliphatic rings. The highest BCUT2D eigenvalue weighted by Crippen LogP contribution is 2.60. The molecule has 5 heteroatoms. The summed E-state index contributed by atoms with van der Waals surface area (Å²) in [5.41, 5.74) is 2.41. The molecule has 0 aliphatic heterocycles. The van der Waals surface area contributed by atoms with Crippen LogP contribution in [0.25, 0.3) is 0 Å². The Morgan fingerprint density at radius 3 is 2.00 bits per heavy atom. The first kappa shape index (κ1) is 24.3. The van der Waals surface area contributed by atoms with E-state index in [0.717, 1.165) is 37.4 Å². The molecule has 4 fully saturated rings. The molecule has 1 aromatic rings. The molecule has 0 unspecified atom stereocenters. The number of likely N-dealkylation sites (N-methyl/N-ethyl adjacent to an activating group) is 1. The number of amides is 2. The van der Waals surface area contributed by atoms with Gasteiger partial charge in [-0.3, -0.25) is 9.59 Å². The van der Waals surface area contributed by atoms with Crippen molar-refractivity contribution >= 4 is 11.8 Å². The van der Waals surface area contributed by atoms with Gasteiger partial charge in [0, 0.05) is 18.7 Å². The van der Waals surface area contributed by atoms with Crippen LogP contribution in [0.3, 0.4) is 0 Å². The van der Waals surface area contributed by atoms with E-state index in [9.17, 15) is 9.59 Å². The first-order valence-electron chi connectivity index (χ1n) is 13.2. The van der Waals surface area contributed by atoms with Gasteiger partial charge in [0.2, 0.25) is 5.91 Å². The van der Waals surface area contributed by atoms with Gasteiger partial charge in [-0.15, -0.1) is 0 Å². The van der Waals surface area contributed by atoms with Crippen LogP contribution in [0.2, 0.25) is 0 Å². The first-order chi connectivity index (χ1) is 15.8. The van der Waals surface area contributed by atoms with E-state index in [2.05, 4.69) is 41.5 Å². The molecule has 0 heterocycles. The number of carbonyl (C=O) groups excluding carboxylic acids is 2. The fourth-order valence-electron chi connectivity index (χ4n) is 7.19. The zero-order valence-corrected chi connectivity index (χ0v) is 21.0. The molecule has 1 aromatic carbocycles. The van der Waals surface area contributed by atoms with Gasteiger partial charge in [0.05, 0.1) is 0 Å². The Balaban J connectivity index is 1.36. The predicted octanol–water partition coefficient (Wildman–Crippen LogP) is 4.37. The standard InChI is InChI=1S/C28H43N3O2/c1-5-31(6-2)12-11-29-27(33)25(19(3)4)30-26(32)23-7-9-24(10-8-23)28-16-20-13-21(17-28)15-22(14-20)18-28/h7-10,19-22,25H,5-6,11-18H2,1-4H3,(H,29,33)(H,30,32)/t20?,21?,22?,25-,28?/m0/s1. The molecule has 182 valence electrons. The lowest BCUT2D eigenvalue weighted by molar-refractivity contribution is -0.124. The molecule has 33 heavy (non-hydrogen) atoms. The van der Waals surface area contributed by atoms with Crippen molar-refractivity contribution in [2.45, 2.75) is 77.7 Å². The van der Waals surface area contributed by atoms with Gasteiger partial charge >= 0.3 is 0 Å². The van der Waals surface area contributed by atoms with Crippen LogP contribution >= 0.6 is 0 Å². The number of nitrogens with zero attached hydrogens (tertiary/aromatic N) is 1. The van der Waals surface area contributed by atoms with E-state index in [1.54, 1.807) is 0 Å². The first-order valence-corrected chi connectivity index (χ1v) is 13.2. The van der Waals surface area contributed by atoms with Crippen molar-refractivity contribution in [2.24, 2.45) is 23.7 Å². The lowest BCUT2D eigenvalue weighted by atomic mass is 9.48. The third-order valence-corrected chi connectivity index (χ3v) is 8.66. The number of rotatable bonds is 10. The second-order valence-electron chi connectivity index (χ2n) is 11.3. The molecule has 0 saturated heterocycles. The molecule has 0 radical (unpaired) electrons. The van der Waals surface area contributed by atoms with Crippen LogP contribution in [-0.4, -0.2) is 48.9 Å². The van der Waals surface area contributed by atoms with E-state index in [0.29, 0.717) is 17.5 Å². The lowest BCUT2D eigenvalue weighted by Gasteiger charge is -2.57. The minimum Gasteiger partial charge on any atom is -0.353 e. The zero-order chi connectivity index (χ0) is 23.6. The van der Waals surface area contributed by atoms with Gasteiger partial charge in [-0.25, -0.2) is 0 Å². The summed E-state index contributed by atoms with van der Waals surface area (Å²) in [4.78, 5) is 28.0. The summed E-state index contributed by atoms with van der Waals surface area (Å²) in [5, 5.41) is 6.00. The van der Waals surface area contributed by atoms with Crippen LogP contribution in [0, 0.1) is 23.7 Å². The highest BCUT2D eigenvalue weighted by atomic mass is 16.2. The smallest absolute Gasteiger partial charge is 0.251 e. The van der Waals surface area contributed by atoms with Gasteiger partial charge in [0.25, 0.3) is 5.91 Å². The highest BCUT2D eigenvalue weighted by Gasteiger charge is 2.51. The number of hydrogen-bond donors (Lipinski definition) is 2. The highest BCUT2D eigenvalue weighted by molar-refractivity contribution is 5.97. The van der Waals surface area contributed by atoms with Crippen molar-refractivity contribution in [1.29, 1.82) is 0 Å². The van der Waals surface area contributed by atoms with E-state index < -0.39 is 6.04 Å². The summed E-state index contributed by atoms with van der Waals surface area (Å²) in [6, 6.07) is 7.79. The monoisotopic (exact) mass is 453 g/mol. The summed E-state index contributed by atoms with van der Waals surface area (Å²) < 4.78 is 0. The van der Waals surface area contributed by atoms with Gasteiger partial charge in [0.1, 0.15) is 6.04 Å². The summed E-state index contributed by atoms with van der Waals surface area (Å²) in [5.74, 6) is 2.48. The molecule has 2 N–H and O–H groups in total. The molecule has 5 nitrogen and oxygen atoms in total. The largest absolute Gasteiger partial charge is 0.353 e. The fraction of sp³-hybridized carbons (Fsp3) is 0.714. The van der Waals surface area contributed by atoms with Crippen molar-refractivity contribution in [3.63, 3.8) is 0 Å². The minimum absolute atomic E-state index is 0.0219. The molecule has 4 aliphatic carbocycles. The molecule has 4 bridgehead atoms. The van der Waals surface area contributed by atoms with Crippen LogP contribution in [0.15, 0.2) is 24.3 Å². The van der Waals surface area contributed by atoms with Gasteiger partial charge in [-0.2, -0.15) is 0 Å². The Morgan fingerprint density at radius 1 is 0.970 bits per heavy atom. The summed E-state index contributed by atoms with van der Waals surface area (Å²) in [7, 11) is 0. The van der Waals surface area contributed by atoms with Crippen LogP contribution in [0.1, 0.15) is 82.1 Å². The average molecular weight is 454 g/mol. The molecule has 2 amide bonds. The summed E-state index contributed by atoms with van der Waals surface area (Å²) in [6.45, 7) is 11.6. The molecule has 0 aromatic heterocycles. The van der Waals surface area contributed by atoms with Crippen LogP contribution in [0.4, 0.5) is 0 Å². The van der Waals surface area contributed by atoms with Gasteiger partial charge in [0.15, 0.2) is 0 Å². The number of hydrogen-bond acceptors (Lipinski definition) is 3. The SMILES string of the molecule is CCN(CC)CCNC(=O)[C@@H](NC(=O)c1ccc(C23CC4CC(CC(C4)C2)C3)cc1)C(C)C. The molecular weight excluding hydrogens is 410 g/mol. The van der Waals surface area contributed by atoms with Crippen LogP contribution < -0.4 is 10.6 Å². The maximum Gasteiger partial charge on any atom is 0.251 e. The summed E-state index contributed by atoms with van der Waals surface area (Å²) >= 11 is 0. The molecule has 1 atom stereocenters. The predicted molar refractivity (Wildman–Crippen MR) is 133 cm³/mol. The van der Waals surface area contributed by atoms with Crippen molar-refractivity contribution in [3.05, 3.63) is 35.4 Å². The molecular formula is C28H43N3O2. The van der Waals surface area contributed by atoms with E-state index in [1.165, 1.54) is 44.1 Å². The topological polar surface area (TPSA) is 61.4 Å². The number of nitrogens with one attached hydrogen (secondary N) is 2. The molecule has 5 rings (SSSR count). The van der Waals surface area contributed by atoms with E-state index in [4.69, 9.17) is 0 Å². The Bertz CT molecular complexity index is 793. The van der Waals surface area contributed by atoms with Crippen molar-refractivity contribution < 1.29 is 9.59 Å². The summed E-state index contributed by atoms with van der Waals surface area (Å²) in [6.07, 6.45) is 8.29. The average Bonchev–Trinajstić information content (AvgIpc) is 2.79. The Kier molecular flexibility index (Phi) is 7.47. The molecule has 0 spiro atoms. The Labute approximate surface area is 200 Å². The van der Waals surface area contributed by atoms with Gasteiger partial charge < -0.3 is 15.5 Å². The maximum absolute atomic E-state index is 13.0. The Hall–Kier alpha value is -1.88. The third-order valence-electron chi connectivity index (χ3n) is 8.66. The quantitative estimate of drug-likeness (QED) is 0.553. The number of carbonyl (C=O) groups is 2. The van der Waals surface area contributed by atoms with Gasteiger partial charge in [-0.05, 0) is 98.4 Å². The number of benzene rings is 1. The van der Waals surface area contributed by atoms with Crippen LogP contribution in [-0.2, 0) is 10.2 Å². The van der Waals surface area contributed by atoms with E-state index >= 15 is 0 Å². The minimum atomic E-state index is -0.531. The lowest BCUT2D eigenvalue weighted by Crippen LogP contribution is -2.51. The van der Waals surface area contributed by atoms with Gasteiger partial charge in [-0.1, -0.05) is 39.8 Å². The fourth-order valence-corrected chi connectivity index (χ4v) is 7.19. The van der Waals surface area contributed by atoms with Crippen molar-refractivity contribution in [1.82, 2.24) is 15.5 Å². The van der Waals surface area contributed by atoms with Crippen LogP contribution in [0.5, 0.6) is 0 Å². The second kappa shape index (κ2) is 10.2. The maximum atomic E-state index is 13.0. The second-order valence-corrected chi connectivity index (χ2v) is 11.3.